The van der Waals surface area contributed by atoms with E-state index in [2.05, 4.69) is 13.0 Å². The van der Waals surface area contributed by atoms with E-state index in [-0.39, 0.29) is 5.78 Å². The van der Waals surface area contributed by atoms with Gasteiger partial charge in [-0.25, -0.2) is 0 Å². The van der Waals surface area contributed by atoms with Crippen molar-refractivity contribution < 1.29 is 4.79 Å². The van der Waals surface area contributed by atoms with Crippen LogP contribution in [-0.2, 0) is 4.79 Å². The Kier molecular flexibility index (Phi) is 4.20. The molecule has 0 aromatic carbocycles. The van der Waals surface area contributed by atoms with Crippen molar-refractivity contribution in [3.8, 4) is 0 Å². The molecule has 1 saturated carbocycles. The van der Waals surface area contributed by atoms with Gasteiger partial charge in [0.1, 0.15) is 0 Å². The van der Waals surface area contributed by atoms with Crippen molar-refractivity contribution in [2.24, 2.45) is 5.92 Å². The quantitative estimate of drug-likeness (QED) is 0.451. The summed E-state index contributed by atoms with van der Waals surface area (Å²) < 4.78 is 0. The van der Waals surface area contributed by atoms with Crippen LogP contribution in [0.15, 0.2) is 11.6 Å². The van der Waals surface area contributed by atoms with Crippen molar-refractivity contribution >= 4 is 5.78 Å². The zero-order valence-electron chi connectivity index (χ0n) is 8.81. The highest BCUT2D eigenvalue weighted by Crippen LogP contribution is 2.32. The van der Waals surface area contributed by atoms with Crippen molar-refractivity contribution in [2.75, 3.05) is 0 Å². The summed E-state index contributed by atoms with van der Waals surface area (Å²) in [4.78, 5) is 11.2. The maximum absolute atomic E-state index is 11.2. The molecule has 0 spiro atoms. The van der Waals surface area contributed by atoms with Crippen LogP contribution in [0, 0.1) is 5.92 Å². The Labute approximate surface area is 81.2 Å². The summed E-state index contributed by atoms with van der Waals surface area (Å²) in [5.41, 5.74) is 1.08. The van der Waals surface area contributed by atoms with Gasteiger partial charge in [-0.15, -0.1) is 0 Å². The van der Waals surface area contributed by atoms with E-state index >= 15 is 0 Å². The minimum atomic E-state index is 0.281. The molecule has 0 aromatic rings. The first-order chi connectivity index (χ1) is 6.24. The standard InChI is InChI=1S/C12H20O/c1-3-4-5-6-12(10(2)13)9-11-7-8-11/h9,11H,3-8H2,1-2H3. The summed E-state index contributed by atoms with van der Waals surface area (Å²) >= 11 is 0. The van der Waals surface area contributed by atoms with Gasteiger partial charge in [-0.3, -0.25) is 4.79 Å². The van der Waals surface area contributed by atoms with Crippen LogP contribution in [0.25, 0.3) is 0 Å². The highest BCUT2D eigenvalue weighted by Gasteiger charge is 2.20. The molecule has 0 heterocycles. The minimum Gasteiger partial charge on any atom is -0.295 e. The number of carbonyl (C=O) groups excluding carboxylic acids is 1. The zero-order chi connectivity index (χ0) is 9.68. The summed E-state index contributed by atoms with van der Waals surface area (Å²) in [7, 11) is 0. The highest BCUT2D eigenvalue weighted by molar-refractivity contribution is 5.93. The molecule has 74 valence electrons. The van der Waals surface area contributed by atoms with E-state index in [0.717, 1.165) is 17.9 Å². The maximum atomic E-state index is 11.2. The first-order valence-electron chi connectivity index (χ1n) is 5.45. The molecule has 0 unspecified atom stereocenters. The number of unbranched alkanes of at least 4 members (excludes halogenated alkanes) is 2. The van der Waals surface area contributed by atoms with Crippen LogP contribution in [-0.4, -0.2) is 5.78 Å². The Balaban J connectivity index is 2.33. The predicted molar refractivity (Wildman–Crippen MR) is 55.6 cm³/mol. The molecule has 0 radical (unpaired) electrons. The van der Waals surface area contributed by atoms with Crippen LogP contribution >= 0.6 is 0 Å². The van der Waals surface area contributed by atoms with Crippen LogP contribution in [0.3, 0.4) is 0 Å². The Morgan fingerprint density at radius 3 is 2.54 bits per heavy atom. The lowest BCUT2D eigenvalue weighted by atomic mass is 10.0. The normalized spacial score (nSPS) is 17.5. The monoisotopic (exact) mass is 180 g/mol. The van der Waals surface area contributed by atoms with Gasteiger partial charge in [0.05, 0.1) is 0 Å². The fraction of sp³-hybridized carbons (Fsp3) is 0.750. The van der Waals surface area contributed by atoms with Crippen LogP contribution in [0.2, 0.25) is 0 Å². The molecule has 1 rings (SSSR count). The number of allylic oxidation sites excluding steroid dienone is 2. The number of hydrogen-bond donors (Lipinski definition) is 0. The van der Waals surface area contributed by atoms with Gasteiger partial charge in [-0.2, -0.15) is 0 Å². The highest BCUT2D eigenvalue weighted by atomic mass is 16.1. The van der Waals surface area contributed by atoms with E-state index in [9.17, 15) is 4.79 Å². The van der Waals surface area contributed by atoms with E-state index in [1.54, 1.807) is 6.92 Å². The number of hydrogen-bond acceptors (Lipinski definition) is 1. The van der Waals surface area contributed by atoms with Crippen molar-refractivity contribution in [3.05, 3.63) is 11.6 Å². The molecule has 0 bridgehead atoms. The third kappa shape index (κ3) is 4.25. The molecular formula is C12H20O. The molecule has 0 aliphatic heterocycles. The van der Waals surface area contributed by atoms with Gasteiger partial charge in [0.15, 0.2) is 5.78 Å². The maximum Gasteiger partial charge on any atom is 0.155 e. The average Bonchev–Trinajstić information content (AvgIpc) is 2.86. The first kappa shape index (κ1) is 10.5. The van der Waals surface area contributed by atoms with Crippen molar-refractivity contribution in [1.82, 2.24) is 0 Å². The molecule has 1 aliphatic rings. The minimum absolute atomic E-state index is 0.281. The van der Waals surface area contributed by atoms with Crippen LogP contribution < -0.4 is 0 Å². The average molecular weight is 180 g/mol. The smallest absolute Gasteiger partial charge is 0.155 e. The lowest BCUT2D eigenvalue weighted by Crippen LogP contribution is -1.97. The van der Waals surface area contributed by atoms with Gasteiger partial charge >= 0.3 is 0 Å². The van der Waals surface area contributed by atoms with Gasteiger partial charge in [0.25, 0.3) is 0 Å². The van der Waals surface area contributed by atoms with Crippen molar-refractivity contribution in [3.63, 3.8) is 0 Å². The lowest BCUT2D eigenvalue weighted by Gasteiger charge is -2.02. The topological polar surface area (TPSA) is 17.1 Å². The van der Waals surface area contributed by atoms with Crippen molar-refractivity contribution in [1.29, 1.82) is 0 Å². The molecule has 1 aliphatic carbocycles. The van der Waals surface area contributed by atoms with E-state index in [1.807, 2.05) is 0 Å². The van der Waals surface area contributed by atoms with E-state index in [1.165, 1.54) is 32.1 Å². The zero-order valence-corrected chi connectivity index (χ0v) is 8.81. The molecule has 0 aromatic heterocycles. The number of ketones is 1. The van der Waals surface area contributed by atoms with Gasteiger partial charge in [-0.1, -0.05) is 25.8 Å². The van der Waals surface area contributed by atoms with Crippen LogP contribution in [0.1, 0.15) is 52.4 Å². The van der Waals surface area contributed by atoms with E-state index < -0.39 is 0 Å². The Morgan fingerprint density at radius 2 is 2.08 bits per heavy atom. The van der Waals surface area contributed by atoms with Gasteiger partial charge in [0, 0.05) is 0 Å². The van der Waals surface area contributed by atoms with Gasteiger partial charge < -0.3 is 0 Å². The third-order valence-electron chi connectivity index (χ3n) is 2.56. The Hall–Kier alpha value is -0.590. The summed E-state index contributed by atoms with van der Waals surface area (Å²) in [6, 6.07) is 0. The first-order valence-corrected chi connectivity index (χ1v) is 5.45. The lowest BCUT2D eigenvalue weighted by molar-refractivity contribution is -0.113. The molecule has 0 saturated heterocycles. The molecule has 0 amide bonds. The summed E-state index contributed by atoms with van der Waals surface area (Å²) in [6.07, 6.45) is 9.45. The molecule has 13 heavy (non-hydrogen) atoms. The fourth-order valence-corrected chi connectivity index (χ4v) is 1.49. The number of carbonyl (C=O) groups is 1. The second kappa shape index (κ2) is 5.21. The number of Topliss-reactive ketones (excluding diaryl/α,β-unsaturated/α-hetero) is 1. The molecule has 1 fully saturated rings. The second-order valence-electron chi connectivity index (χ2n) is 4.04. The summed E-state index contributed by atoms with van der Waals surface area (Å²) in [5, 5.41) is 0. The van der Waals surface area contributed by atoms with Gasteiger partial charge in [-0.05, 0) is 44.1 Å². The Morgan fingerprint density at radius 1 is 1.38 bits per heavy atom. The van der Waals surface area contributed by atoms with Gasteiger partial charge in [0.2, 0.25) is 0 Å². The molecule has 0 N–H and O–H groups in total. The van der Waals surface area contributed by atoms with E-state index in [0.29, 0.717) is 0 Å². The number of rotatable bonds is 6. The predicted octanol–water partition coefficient (Wildman–Crippen LogP) is 3.49. The third-order valence-corrected chi connectivity index (χ3v) is 2.56. The van der Waals surface area contributed by atoms with Crippen LogP contribution in [0.4, 0.5) is 0 Å². The molecular weight excluding hydrogens is 160 g/mol. The van der Waals surface area contributed by atoms with Crippen LogP contribution in [0.5, 0.6) is 0 Å². The SMILES string of the molecule is CCCCCC(=CC1CC1)C(C)=O. The molecule has 0 atom stereocenters. The summed E-state index contributed by atoms with van der Waals surface area (Å²) in [6.45, 7) is 3.89. The summed E-state index contributed by atoms with van der Waals surface area (Å²) in [5.74, 6) is 1.02. The van der Waals surface area contributed by atoms with E-state index in [4.69, 9.17) is 0 Å². The second-order valence-corrected chi connectivity index (χ2v) is 4.04. The van der Waals surface area contributed by atoms with Crippen molar-refractivity contribution in [2.45, 2.75) is 52.4 Å². The molecule has 1 nitrogen and oxygen atoms in total. The molecule has 1 heteroatoms. The largest absolute Gasteiger partial charge is 0.295 e. The Bertz CT molecular complexity index is 199. The fourth-order valence-electron chi connectivity index (χ4n) is 1.49.